The molecule has 0 fully saturated rings. The van der Waals surface area contributed by atoms with Crippen molar-refractivity contribution in [3.05, 3.63) is 34.9 Å². The van der Waals surface area contributed by atoms with Crippen LogP contribution in [0.25, 0.3) is 0 Å². The van der Waals surface area contributed by atoms with Crippen molar-refractivity contribution in [3.63, 3.8) is 0 Å². The number of benzene rings is 1. The molecule has 0 spiro atoms. The highest BCUT2D eigenvalue weighted by molar-refractivity contribution is 6.18. The molecule has 0 aromatic heterocycles. The molecule has 1 aromatic carbocycles. The third-order valence-electron chi connectivity index (χ3n) is 3.37. The van der Waals surface area contributed by atoms with Crippen molar-refractivity contribution in [3.8, 4) is 0 Å². The summed E-state index contributed by atoms with van der Waals surface area (Å²) in [4.78, 5) is 12.0. The lowest BCUT2D eigenvalue weighted by Gasteiger charge is -2.27. The molecule has 18 heavy (non-hydrogen) atoms. The number of carbonyl (C=O) groups is 1. The number of hydrogen-bond acceptors (Lipinski definition) is 1. The van der Waals surface area contributed by atoms with Gasteiger partial charge in [0.05, 0.1) is 12.0 Å². The molecule has 0 radical (unpaired) electrons. The molecule has 3 heteroatoms. The first-order valence-electron chi connectivity index (χ1n) is 6.33. The van der Waals surface area contributed by atoms with E-state index < -0.39 is 0 Å². The monoisotopic (exact) mass is 267 g/mol. The normalized spacial score (nSPS) is 14.1. The van der Waals surface area contributed by atoms with Gasteiger partial charge in [-0.1, -0.05) is 30.7 Å². The van der Waals surface area contributed by atoms with E-state index in [4.69, 9.17) is 11.6 Å². The molecule has 1 aromatic rings. The Morgan fingerprint density at radius 1 is 1.39 bits per heavy atom. The second kappa shape index (κ2) is 6.24. The Morgan fingerprint density at radius 2 is 2.06 bits per heavy atom. The van der Waals surface area contributed by atoms with Crippen molar-refractivity contribution < 1.29 is 4.79 Å². The fraction of sp³-hybridized carbons (Fsp3) is 0.533. The summed E-state index contributed by atoms with van der Waals surface area (Å²) in [5, 5.41) is 3.02. The van der Waals surface area contributed by atoms with Crippen LogP contribution < -0.4 is 5.32 Å². The second-order valence-electron chi connectivity index (χ2n) is 5.20. The van der Waals surface area contributed by atoms with Crippen LogP contribution in [-0.4, -0.2) is 17.3 Å². The van der Waals surface area contributed by atoms with Crippen LogP contribution in [0, 0.1) is 13.8 Å². The Morgan fingerprint density at radius 3 is 2.61 bits per heavy atom. The van der Waals surface area contributed by atoms with Gasteiger partial charge in [0, 0.05) is 5.88 Å². The predicted molar refractivity (Wildman–Crippen MR) is 77.2 cm³/mol. The fourth-order valence-electron chi connectivity index (χ4n) is 1.76. The molecule has 1 atom stereocenters. The van der Waals surface area contributed by atoms with Crippen molar-refractivity contribution in [2.24, 2.45) is 0 Å². The van der Waals surface area contributed by atoms with Crippen LogP contribution in [-0.2, 0) is 11.2 Å². The lowest BCUT2D eigenvalue weighted by molar-refractivity contribution is -0.122. The molecule has 1 rings (SSSR count). The summed E-state index contributed by atoms with van der Waals surface area (Å²) < 4.78 is 0. The summed E-state index contributed by atoms with van der Waals surface area (Å²) in [5.74, 6) is 0.468. The smallest absolute Gasteiger partial charge is 0.224 e. The minimum atomic E-state index is -0.309. The quantitative estimate of drug-likeness (QED) is 0.815. The van der Waals surface area contributed by atoms with Gasteiger partial charge in [-0.2, -0.15) is 0 Å². The van der Waals surface area contributed by atoms with Crippen LogP contribution in [0.2, 0.25) is 0 Å². The number of carbonyl (C=O) groups excluding carboxylic acids is 1. The van der Waals surface area contributed by atoms with E-state index in [1.807, 2.05) is 27.7 Å². The van der Waals surface area contributed by atoms with Crippen LogP contribution in [0.15, 0.2) is 18.2 Å². The molecule has 0 aliphatic rings. The van der Waals surface area contributed by atoms with Crippen molar-refractivity contribution in [2.45, 2.75) is 46.1 Å². The third kappa shape index (κ3) is 4.02. The summed E-state index contributed by atoms with van der Waals surface area (Å²) in [6, 6.07) is 6.18. The molecule has 0 saturated heterocycles. The van der Waals surface area contributed by atoms with Crippen LogP contribution >= 0.6 is 11.6 Å². The van der Waals surface area contributed by atoms with Gasteiger partial charge >= 0.3 is 0 Å². The van der Waals surface area contributed by atoms with Gasteiger partial charge in [-0.25, -0.2) is 0 Å². The predicted octanol–water partition coefficient (Wildman–Crippen LogP) is 3.37. The molecule has 0 heterocycles. The maximum absolute atomic E-state index is 12.0. The average molecular weight is 268 g/mol. The number of amides is 1. The number of rotatable bonds is 5. The minimum Gasteiger partial charge on any atom is -0.349 e. The van der Waals surface area contributed by atoms with Crippen molar-refractivity contribution in [1.29, 1.82) is 0 Å². The molecular formula is C15H22ClNO. The van der Waals surface area contributed by atoms with E-state index in [1.165, 1.54) is 5.56 Å². The Balaban J connectivity index is 2.73. The Labute approximate surface area is 115 Å². The van der Waals surface area contributed by atoms with E-state index in [0.717, 1.165) is 17.5 Å². The first kappa shape index (κ1) is 15.0. The number of alkyl halides is 1. The van der Waals surface area contributed by atoms with Crippen molar-refractivity contribution in [2.75, 3.05) is 5.88 Å². The summed E-state index contributed by atoms with van der Waals surface area (Å²) in [7, 11) is 0. The van der Waals surface area contributed by atoms with Crippen LogP contribution in [0.4, 0.5) is 0 Å². The zero-order valence-electron chi connectivity index (χ0n) is 11.6. The van der Waals surface area contributed by atoms with E-state index in [1.54, 1.807) is 0 Å². The summed E-state index contributed by atoms with van der Waals surface area (Å²) >= 11 is 5.90. The standard InChI is InChI=1S/C15H22ClNO/c1-5-15(4,10-16)17-14(18)9-13-8-11(2)6-7-12(13)3/h6-8H,5,9-10H2,1-4H3,(H,17,18). The molecule has 0 bridgehead atoms. The second-order valence-corrected chi connectivity index (χ2v) is 5.47. The number of aryl methyl sites for hydroxylation is 2. The molecule has 0 aliphatic carbocycles. The molecule has 0 aliphatic heterocycles. The highest BCUT2D eigenvalue weighted by Crippen LogP contribution is 2.14. The van der Waals surface area contributed by atoms with Gasteiger partial charge in [0.15, 0.2) is 0 Å². The Kier molecular flexibility index (Phi) is 5.21. The highest BCUT2D eigenvalue weighted by atomic mass is 35.5. The zero-order chi connectivity index (χ0) is 13.8. The number of nitrogens with one attached hydrogen (secondary N) is 1. The minimum absolute atomic E-state index is 0.0358. The van der Waals surface area contributed by atoms with Crippen LogP contribution in [0.1, 0.15) is 37.0 Å². The van der Waals surface area contributed by atoms with Gasteiger partial charge < -0.3 is 5.32 Å². The van der Waals surface area contributed by atoms with E-state index in [0.29, 0.717) is 12.3 Å². The van der Waals surface area contributed by atoms with Crippen molar-refractivity contribution in [1.82, 2.24) is 5.32 Å². The van der Waals surface area contributed by atoms with E-state index >= 15 is 0 Å². The molecule has 0 saturated carbocycles. The SMILES string of the molecule is CCC(C)(CCl)NC(=O)Cc1cc(C)ccc1C. The molecule has 1 unspecified atom stereocenters. The van der Waals surface area contributed by atoms with Crippen molar-refractivity contribution >= 4 is 17.5 Å². The van der Waals surface area contributed by atoms with Gasteiger partial charge in [-0.05, 0) is 38.3 Å². The molecular weight excluding hydrogens is 246 g/mol. The van der Waals surface area contributed by atoms with Crippen LogP contribution in [0.5, 0.6) is 0 Å². The first-order chi connectivity index (χ1) is 8.40. The van der Waals surface area contributed by atoms with Gasteiger partial charge in [-0.3, -0.25) is 4.79 Å². The topological polar surface area (TPSA) is 29.1 Å². The summed E-state index contributed by atoms with van der Waals surface area (Å²) in [5.41, 5.74) is 3.11. The van der Waals surface area contributed by atoms with Gasteiger partial charge in [0.1, 0.15) is 0 Å². The molecule has 100 valence electrons. The number of hydrogen-bond donors (Lipinski definition) is 1. The van der Waals surface area contributed by atoms with Gasteiger partial charge in [0.2, 0.25) is 5.91 Å². The maximum Gasteiger partial charge on any atom is 0.224 e. The van der Waals surface area contributed by atoms with Gasteiger partial charge in [-0.15, -0.1) is 11.6 Å². The van der Waals surface area contributed by atoms with E-state index in [2.05, 4.69) is 23.5 Å². The van der Waals surface area contributed by atoms with E-state index in [9.17, 15) is 4.79 Å². The van der Waals surface area contributed by atoms with E-state index in [-0.39, 0.29) is 11.4 Å². The fourth-order valence-corrected chi connectivity index (χ4v) is 2.02. The molecule has 2 nitrogen and oxygen atoms in total. The first-order valence-corrected chi connectivity index (χ1v) is 6.87. The number of halogens is 1. The molecule has 1 amide bonds. The molecule has 1 N–H and O–H groups in total. The summed E-state index contributed by atoms with van der Waals surface area (Å²) in [6.07, 6.45) is 1.25. The maximum atomic E-state index is 12.0. The highest BCUT2D eigenvalue weighted by Gasteiger charge is 2.23. The zero-order valence-corrected chi connectivity index (χ0v) is 12.4. The third-order valence-corrected chi connectivity index (χ3v) is 3.96. The lowest BCUT2D eigenvalue weighted by Crippen LogP contribution is -2.47. The Hall–Kier alpha value is -1.02. The van der Waals surface area contributed by atoms with Gasteiger partial charge in [0.25, 0.3) is 0 Å². The average Bonchev–Trinajstić information content (AvgIpc) is 2.33. The lowest BCUT2D eigenvalue weighted by atomic mass is 9.99. The largest absolute Gasteiger partial charge is 0.349 e. The summed E-state index contributed by atoms with van der Waals surface area (Å²) in [6.45, 7) is 8.07. The van der Waals surface area contributed by atoms with Crippen LogP contribution in [0.3, 0.4) is 0 Å². The Bertz CT molecular complexity index is 425.